The summed E-state index contributed by atoms with van der Waals surface area (Å²) in [5, 5.41) is 0.868. The van der Waals surface area contributed by atoms with E-state index >= 15 is 0 Å². The fourth-order valence-corrected chi connectivity index (χ4v) is 3.68. The van der Waals surface area contributed by atoms with E-state index in [0.717, 1.165) is 42.6 Å². The fourth-order valence-electron chi connectivity index (χ4n) is 3.68. The molecule has 0 bridgehead atoms. The number of carbonyl (C=O) groups excluding carboxylic acids is 1. The molecule has 3 aromatic rings. The first-order valence-corrected chi connectivity index (χ1v) is 9.70. The van der Waals surface area contributed by atoms with Crippen LogP contribution in [0.15, 0.2) is 48.5 Å². The largest absolute Gasteiger partial charge is 0.497 e. The van der Waals surface area contributed by atoms with Crippen LogP contribution < -0.4 is 9.47 Å². The SMILES string of the molecule is COc1ccc(-c2cc(C(=O)N3CCN(C)CC3)c3ccccc3n2)c(OC)c1. The Morgan fingerprint density at radius 1 is 0.966 bits per heavy atom. The molecule has 1 aliphatic heterocycles. The van der Waals surface area contributed by atoms with E-state index in [1.807, 2.05) is 53.4 Å². The number of ether oxygens (including phenoxy) is 2. The number of rotatable bonds is 4. The molecule has 1 aliphatic rings. The monoisotopic (exact) mass is 391 g/mol. The Labute approximate surface area is 170 Å². The maximum absolute atomic E-state index is 13.4. The summed E-state index contributed by atoms with van der Waals surface area (Å²) in [5.41, 5.74) is 3.00. The highest BCUT2D eigenvalue weighted by atomic mass is 16.5. The van der Waals surface area contributed by atoms with Crippen molar-refractivity contribution in [2.75, 3.05) is 47.4 Å². The summed E-state index contributed by atoms with van der Waals surface area (Å²) in [6.45, 7) is 3.22. The van der Waals surface area contributed by atoms with Crippen LogP contribution in [0.5, 0.6) is 11.5 Å². The molecule has 1 aromatic heterocycles. The van der Waals surface area contributed by atoms with Gasteiger partial charge in [-0.05, 0) is 31.3 Å². The average Bonchev–Trinajstić information content (AvgIpc) is 2.77. The topological polar surface area (TPSA) is 54.9 Å². The van der Waals surface area contributed by atoms with E-state index < -0.39 is 0 Å². The lowest BCUT2D eigenvalue weighted by Crippen LogP contribution is -2.47. The Bertz CT molecular complexity index is 1040. The molecule has 2 aromatic carbocycles. The minimum atomic E-state index is 0.0467. The van der Waals surface area contributed by atoms with Crippen LogP contribution in [0.25, 0.3) is 22.2 Å². The lowest BCUT2D eigenvalue weighted by Gasteiger charge is -2.32. The number of amides is 1. The Balaban J connectivity index is 1.82. The van der Waals surface area contributed by atoms with E-state index in [1.165, 1.54) is 0 Å². The molecule has 150 valence electrons. The highest BCUT2D eigenvalue weighted by Gasteiger charge is 2.23. The van der Waals surface area contributed by atoms with Gasteiger partial charge >= 0.3 is 0 Å². The van der Waals surface area contributed by atoms with Crippen LogP contribution in [0, 0.1) is 0 Å². The summed E-state index contributed by atoms with van der Waals surface area (Å²) in [5.74, 6) is 1.41. The third-order valence-corrected chi connectivity index (χ3v) is 5.42. The standard InChI is InChI=1S/C23H25N3O3/c1-25-10-12-26(13-11-25)23(27)19-15-21(24-20-7-5-4-6-17(19)20)18-9-8-16(28-2)14-22(18)29-3/h4-9,14-15H,10-13H2,1-3H3. The molecule has 6 nitrogen and oxygen atoms in total. The Morgan fingerprint density at radius 2 is 1.72 bits per heavy atom. The van der Waals surface area contributed by atoms with Crippen LogP contribution in [-0.2, 0) is 0 Å². The van der Waals surface area contributed by atoms with Crippen LogP contribution in [0.1, 0.15) is 10.4 Å². The Hall–Kier alpha value is -3.12. The van der Waals surface area contributed by atoms with E-state index in [4.69, 9.17) is 14.5 Å². The van der Waals surface area contributed by atoms with Crippen molar-refractivity contribution in [2.45, 2.75) is 0 Å². The minimum Gasteiger partial charge on any atom is -0.497 e. The van der Waals surface area contributed by atoms with Gasteiger partial charge in [0.2, 0.25) is 0 Å². The molecule has 0 atom stereocenters. The van der Waals surface area contributed by atoms with Crippen LogP contribution in [0.2, 0.25) is 0 Å². The number of hydrogen-bond donors (Lipinski definition) is 0. The Morgan fingerprint density at radius 3 is 2.45 bits per heavy atom. The van der Waals surface area contributed by atoms with E-state index in [2.05, 4.69) is 11.9 Å². The third kappa shape index (κ3) is 3.76. The predicted molar refractivity (Wildman–Crippen MR) is 114 cm³/mol. The van der Waals surface area contributed by atoms with Crippen molar-refractivity contribution >= 4 is 16.8 Å². The van der Waals surface area contributed by atoms with Gasteiger partial charge in [0.15, 0.2) is 0 Å². The second-order valence-electron chi connectivity index (χ2n) is 7.23. The number of piperazine rings is 1. The van der Waals surface area contributed by atoms with Crippen LogP contribution >= 0.6 is 0 Å². The summed E-state index contributed by atoms with van der Waals surface area (Å²) in [6.07, 6.45) is 0. The van der Waals surface area contributed by atoms with Crippen LogP contribution in [-0.4, -0.2) is 68.1 Å². The highest BCUT2D eigenvalue weighted by molar-refractivity contribution is 6.07. The molecule has 6 heteroatoms. The third-order valence-electron chi connectivity index (χ3n) is 5.42. The number of nitrogens with zero attached hydrogens (tertiary/aromatic N) is 3. The molecule has 4 rings (SSSR count). The molecule has 0 saturated carbocycles. The van der Waals surface area contributed by atoms with Gasteiger partial charge in [-0.1, -0.05) is 18.2 Å². The number of pyridine rings is 1. The number of para-hydroxylation sites is 1. The first-order valence-electron chi connectivity index (χ1n) is 9.70. The molecule has 0 unspecified atom stereocenters. The first-order chi connectivity index (χ1) is 14.1. The lowest BCUT2D eigenvalue weighted by atomic mass is 10.0. The van der Waals surface area contributed by atoms with Crippen LogP contribution in [0.3, 0.4) is 0 Å². The van der Waals surface area contributed by atoms with Gasteiger partial charge in [-0.15, -0.1) is 0 Å². The van der Waals surface area contributed by atoms with Crippen molar-refractivity contribution in [3.8, 4) is 22.8 Å². The zero-order valence-corrected chi connectivity index (χ0v) is 17.0. The first kappa shape index (κ1) is 19.2. The summed E-state index contributed by atoms with van der Waals surface area (Å²) >= 11 is 0. The van der Waals surface area contributed by atoms with E-state index in [1.54, 1.807) is 14.2 Å². The summed E-state index contributed by atoms with van der Waals surface area (Å²) in [7, 11) is 5.32. The maximum atomic E-state index is 13.4. The van der Waals surface area contributed by atoms with Gasteiger partial charge in [-0.3, -0.25) is 4.79 Å². The van der Waals surface area contributed by atoms with Crippen molar-refractivity contribution in [1.29, 1.82) is 0 Å². The predicted octanol–water partition coefficient (Wildman–Crippen LogP) is 3.31. The summed E-state index contributed by atoms with van der Waals surface area (Å²) in [6, 6.07) is 15.3. The van der Waals surface area contributed by atoms with Gasteiger partial charge in [0.05, 0.1) is 31.0 Å². The van der Waals surface area contributed by atoms with Crippen molar-refractivity contribution in [3.63, 3.8) is 0 Å². The van der Waals surface area contributed by atoms with Gasteiger partial charge in [-0.25, -0.2) is 4.98 Å². The van der Waals surface area contributed by atoms with Crippen LogP contribution in [0.4, 0.5) is 0 Å². The minimum absolute atomic E-state index is 0.0467. The molecule has 0 spiro atoms. The number of methoxy groups -OCH3 is 2. The quantitative estimate of drug-likeness (QED) is 0.683. The van der Waals surface area contributed by atoms with Gasteiger partial charge in [-0.2, -0.15) is 0 Å². The van der Waals surface area contributed by atoms with Gasteiger partial charge in [0.25, 0.3) is 5.91 Å². The number of carbonyl (C=O) groups is 1. The molecular weight excluding hydrogens is 366 g/mol. The second kappa shape index (κ2) is 8.09. The highest BCUT2D eigenvalue weighted by Crippen LogP contribution is 2.34. The van der Waals surface area contributed by atoms with E-state index in [0.29, 0.717) is 22.8 Å². The fraction of sp³-hybridized carbons (Fsp3) is 0.304. The number of aromatic nitrogens is 1. The van der Waals surface area contributed by atoms with Crippen molar-refractivity contribution in [1.82, 2.24) is 14.8 Å². The number of benzene rings is 2. The molecule has 0 radical (unpaired) electrons. The Kier molecular flexibility index (Phi) is 5.36. The van der Waals surface area contributed by atoms with E-state index in [9.17, 15) is 4.79 Å². The zero-order valence-electron chi connectivity index (χ0n) is 17.0. The second-order valence-corrected chi connectivity index (χ2v) is 7.23. The normalized spacial score (nSPS) is 14.8. The molecule has 1 fully saturated rings. The summed E-state index contributed by atoms with van der Waals surface area (Å²) < 4.78 is 10.9. The molecule has 0 aliphatic carbocycles. The number of hydrogen-bond acceptors (Lipinski definition) is 5. The van der Waals surface area contributed by atoms with Gasteiger partial charge in [0, 0.05) is 43.2 Å². The van der Waals surface area contributed by atoms with E-state index in [-0.39, 0.29) is 5.91 Å². The molecule has 2 heterocycles. The zero-order chi connectivity index (χ0) is 20.4. The van der Waals surface area contributed by atoms with Gasteiger partial charge < -0.3 is 19.3 Å². The molecule has 1 saturated heterocycles. The summed E-state index contributed by atoms with van der Waals surface area (Å²) in [4.78, 5) is 22.4. The molecule has 1 amide bonds. The van der Waals surface area contributed by atoms with Crippen molar-refractivity contribution in [2.24, 2.45) is 0 Å². The smallest absolute Gasteiger partial charge is 0.254 e. The van der Waals surface area contributed by atoms with Gasteiger partial charge in [0.1, 0.15) is 11.5 Å². The maximum Gasteiger partial charge on any atom is 0.254 e. The molecular formula is C23H25N3O3. The average molecular weight is 391 g/mol. The molecule has 0 N–H and O–H groups in total. The van der Waals surface area contributed by atoms with Crippen molar-refractivity contribution < 1.29 is 14.3 Å². The number of likely N-dealkylation sites (N-methyl/N-ethyl adjacent to an activating group) is 1. The molecule has 29 heavy (non-hydrogen) atoms. The number of fused-ring (bicyclic) bond motifs is 1. The lowest BCUT2D eigenvalue weighted by molar-refractivity contribution is 0.0666. The van der Waals surface area contributed by atoms with Crippen molar-refractivity contribution in [3.05, 3.63) is 54.1 Å².